The van der Waals surface area contributed by atoms with E-state index >= 15 is 0 Å². The third kappa shape index (κ3) is 3.85. The summed E-state index contributed by atoms with van der Waals surface area (Å²) in [6.45, 7) is 6.07. The van der Waals surface area contributed by atoms with Crippen LogP contribution in [0.25, 0.3) is 0 Å². The number of amides is 4. The van der Waals surface area contributed by atoms with Crippen molar-refractivity contribution in [1.29, 1.82) is 0 Å². The van der Waals surface area contributed by atoms with Gasteiger partial charge < -0.3 is 19.4 Å². The first kappa shape index (κ1) is 20.8. The zero-order valence-electron chi connectivity index (χ0n) is 17.5. The number of hydrogen-bond donors (Lipinski definition) is 0. The van der Waals surface area contributed by atoms with Gasteiger partial charge in [-0.1, -0.05) is 17.2 Å². The topological polar surface area (TPSA) is 114 Å². The van der Waals surface area contributed by atoms with Gasteiger partial charge >= 0.3 is 12.1 Å². The minimum Gasteiger partial charge on any atom is -0.444 e. The summed E-state index contributed by atoms with van der Waals surface area (Å²) in [7, 11) is 0. The van der Waals surface area contributed by atoms with Gasteiger partial charge in [0, 0.05) is 26.1 Å². The number of benzene rings is 1. The number of nitrogens with zero attached hydrogens (tertiary/aromatic N) is 3. The molecule has 10 heteroatoms. The molecule has 0 radical (unpaired) electrons. The van der Waals surface area contributed by atoms with Crippen LogP contribution in [-0.4, -0.2) is 75.9 Å². The number of rotatable bonds is 3. The van der Waals surface area contributed by atoms with Gasteiger partial charge in [0.1, 0.15) is 5.60 Å². The summed E-state index contributed by atoms with van der Waals surface area (Å²) in [5.74, 6) is -3.26. The Morgan fingerprint density at radius 1 is 0.968 bits per heavy atom. The summed E-state index contributed by atoms with van der Waals surface area (Å²) in [4.78, 5) is 69.8. The highest BCUT2D eigenvalue weighted by atomic mass is 16.7. The lowest BCUT2D eigenvalue weighted by Gasteiger charge is -2.44. The van der Waals surface area contributed by atoms with E-state index in [1.807, 2.05) is 0 Å². The summed E-state index contributed by atoms with van der Waals surface area (Å²) in [5.41, 5.74) is -0.271. The highest BCUT2D eigenvalue weighted by molar-refractivity contribution is 6.20. The maximum absolute atomic E-state index is 12.6. The molecule has 10 nitrogen and oxygen atoms in total. The smallest absolute Gasteiger partial charge is 0.410 e. The molecule has 3 aliphatic rings. The van der Waals surface area contributed by atoms with Crippen LogP contribution in [-0.2, 0) is 19.2 Å². The lowest BCUT2D eigenvalue weighted by atomic mass is 10.1. The molecule has 31 heavy (non-hydrogen) atoms. The van der Waals surface area contributed by atoms with E-state index in [2.05, 4.69) is 0 Å². The zero-order chi connectivity index (χ0) is 22.5. The molecule has 1 atom stereocenters. The first-order valence-corrected chi connectivity index (χ1v) is 10.0. The van der Waals surface area contributed by atoms with Crippen LogP contribution in [0.2, 0.25) is 0 Å². The first-order valence-electron chi connectivity index (χ1n) is 10.0. The zero-order valence-corrected chi connectivity index (χ0v) is 17.5. The molecule has 164 valence electrons. The standard InChI is InChI=1S/C21H23N3O7/c1-21(2,3)30-20(29)22-10-13(11-22)23-9-12(8-16(23)25)19(28)31-24-17(26)14-6-4-5-7-15(14)18(24)27/h4-7,12-13H,8-11H2,1-3H3. The SMILES string of the molecule is CC(C)(C)OC(=O)N1CC(N2CC(C(=O)ON3C(=O)c4ccccc4C3=O)CC2=O)C1. The van der Waals surface area contributed by atoms with Gasteiger partial charge in [-0.25, -0.2) is 9.59 Å². The highest BCUT2D eigenvalue weighted by Gasteiger charge is 2.46. The van der Waals surface area contributed by atoms with Crippen molar-refractivity contribution in [3.63, 3.8) is 0 Å². The van der Waals surface area contributed by atoms with Gasteiger partial charge in [0.25, 0.3) is 11.8 Å². The number of ether oxygens (including phenoxy) is 1. The quantitative estimate of drug-likeness (QED) is 0.664. The number of hydroxylamine groups is 2. The lowest BCUT2D eigenvalue weighted by molar-refractivity contribution is -0.173. The van der Waals surface area contributed by atoms with E-state index in [0.717, 1.165) is 0 Å². The fraction of sp³-hybridized carbons (Fsp3) is 0.476. The summed E-state index contributed by atoms with van der Waals surface area (Å²) in [6, 6.07) is 5.98. The van der Waals surface area contributed by atoms with Crippen molar-refractivity contribution in [1.82, 2.24) is 14.9 Å². The first-order chi connectivity index (χ1) is 14.5. The molecule has 0 aromatic heterocycles. The molecule has 1 unspecified atom stereocenters. The van der Waals surface area contributed by atoms with Crippen molar-refractivity contribution < 1.29 is 33.5 Å². The third-order valence-electron chi connectivity index (χ3n) is 5.38. The van der Waals surface area contributed by atoms with Crippen molar-refractivity contribution in [2.75, 3.05) is 19.6 Å². The molecule has 2 fully saturated rings. The average Bonchev–Trinajstić information content (AvgIpc) is 3.13. The van der Waals surface area contributed by atoms with E-state index in [1.165, 1.54) is 21.9 Å². The van der Waals surface area contributed by atoms with Gasteiger partial charge in [0.2, 0.25) is 5.91 Å². The Morgan fingerprint density at radius 2 is 1.55 bits per heavy atom. The third-order valence-corrected chi connectivity index (χ3v) is 5.38. The minimum absolute atomic E-state index is 0.0784. The van der Waals surface area contributed by atoms with Crippen LogP contribution in [0.1, 0.15) is 47.9 Å². The van der Waals surface area contributed by atoms with Gasteiger partial charge in [0.05, 0.1) is 23.1 Å². The Hall–Kier alpha value is -3.43. The van der Waals surface area contributed by atoms with E-state index in [0.29, 0.717) is 18.2 Å². The van der Waals surface area contributed by atoms with Gasteiger partial charge in [-0.2, -0.15) is 0 Å². The second kappa shape index (κ2) is 7.36. The van der Waals surface area contributed by atoms with Crippen LogP contribution in [0.4, 0.5) is 4.79 Å². The van der Waals surface area contributed by atoms with Gasteiger partial charge in [-0.05, 0) is 32.9 Å². The molecule has 0 spiro atoms. The Balaban J connectivity index is 1.32. The van der Waals surface area contributed by atoms with E-state index in [1.54, 1.807) is 32.9 Å². The molecule has 0 bridgehead atoms. The predicted molar refractivity (Wildman–Crippen MR) is 104 cm³/mol. The molecule has 0 saturated carbocycles. The van der Waals surface area contributed by atoms with E-state index in [9.17, 15) is 24.0 Å². The molecule has 2 saturated heterocycles. The summed E-state index contributed by atoms with van der Waals surface area (Å²) >= 11 is 0. The van der Waals surface area contributed by atoms with Crippen molar-refractivity contribution in [2.45, 2.75) is 38.8 Å². The number of hydrogen-bond acceptors (Lipinski definition) is 7. The fourth-order valence-corrected chi connectivity index (χ4v) is 3.78. The van der Waals surface area contributed by atoms with Crippen molar-refractivity contribution in [3.8, 4) is 0 Å². The second-order valence-corrected chi connectivity index (χ2v) is 8.85. The molecular weight excluding hydrogens is 406 g/mol. The average molecular weight is 429 g/mol. The molecule has 3 heterocycles. The molecule has 4 amide bonds. The minimum atomic E-state index is -0.811. The summed E-state index contributed by atoms with van der Waals surface area (Å²) in [6.07, 6.45) is -0.526. The summed E-state index contributed by atoms with van der Waals surface area (Å²) in [5, 5.41) is 0.452. The monoisotopic (exact) mass is 429 g/mol. The molecule has 4 rings (SSSR count). The van der Waals surface area contributed by atoms with Crippen LogP contribution in [0.3, 0.4) is 0 Å². The Labute approximate surface area is 178 Å². The number of carbonyl (C=O) groups excluding carboxylic acids is 5. The van der Waals surface area contributed by atoms with Crippen LogP contribution in [0.5, 0.6) is 0 Å². The van der Waals surface area contributed by atoms with E-state index in [4.69, 9.17) is 9.57 Å². The lowest BCUT2D eigenvalue weighted by Crippen LogP contribution is -2.62. The van der Waals surface area contributed by atoms with Crippen molar-refractivity contribution >= 4 is 29.8 Å². The number of imide groups is 1. The maximum Gasteiger partial charge on any atom is 0.410 e. The van der Waals surface area contributed by atoms with Crippen LogP contribution < -0.4 is 0 Å². The van der Waals surface area contributed by atoms with Gasteiger partial charge in [-0.3, -0.25) is 14.4 Å². The number of fused-ring (bicyclic) bond motifs is 1. The normalized spacial score (nSPS) is 21.3. The van der Waals surface area contributed by atoms with E-state index < -0.39 is 35.4 Å². The van der Waals surface area contributed by atoms with Crippen LogP contribution >= 0.6 is 0 Å². The molecule has 0 aliphatic carbocycles. The summed E-state index contributed by atoms with van der Waals surface area (Å²) < 4.78 is 5.30. The predicted octanol–water partition coefficient (Wildman–Crippen LogP) is 1.21. The van der Waals surface area contributed by atoms with Gasteiger partial charge in [-0.15, -0.1) is 0 Å². The highest BCUT2D eigenvalue weighted by Crippen LogP contribution is 2.28. The number of likely N-dealkylation sites (tertiary alicyclic amines) is 2. The molecule has 1 aromatic carbocycles. The number of carbonyl (C=O) groups is 5. The van der Waals surface area contributed by atoms with E-state index in [-0.39, 0.29) is 36.0 Å². The molecule has 3 aliphatic heterocycles. The Morgan fingerprint density at radius 3 is 2.10 bits per heavy atom. The van der Waals surface area contributed by atoms with Gasteiger partial charge in [0.15, 0.2) is 0 Å². The van der Waals surface area contributed by atoms with Crippen LogP contribution in [0.15, 0.2) is 24.3 Å². The maximum atomic E-state index is 12.6. The molecule has 1 aromatic rings. The largest absolute Gasteiger partial charge is 0.444 e. The van der Waals surface area contributed by atoms with Crippen molar-refractivity contribution in [2.24, 2.45) is 5.92 Å². The van der Waals surface area contributed by atoms with Crippen LogP contribution in [0, 0.1) is 5.92 Å². The Bertz CT molecular complexity index is 942. The second-order valence-electron chi connectivity index (χ2n) is 8.85. The fourth-order valence-electron chi connectivity index (χ4n) is 3.78. The molecule has 0 N–H and O–H groups in total. The molecular formula is C21H23N3O7. The Kier molecular flexibility index (Phi) is 4.95. The van der Waals surface area contributed by atoms with Crippen molar-refractivity contribution in [3.05, 3.63) is 35.4 Å².